The quantitative estimate of drug-likeness (QED) is 0.686. The van der Waals surface area contributed by atoms with Crippen LogP contribution in [-0.4, -0.2) is 15.0 Å². The van der Waals surface area contributed by atoms with E-state index in [-0.39, 0.29) is 11.7 Å². The Morgan fingerprint density at radius 1 is 1.00 bits per heavy atom. The van der Waals surface area contributed by atoms with E-state index >= 15 is 0 Å². The highest BCUT2D eigenvalue weighted by molar-refractivity contribution is 6.63. The average molecular weight is 297 g/mol. The lowest BCUT2D eigenvalue weighted by Gasteiger charge is -2.09. The maximum Gasteiger partial charge on any atom is 0.226 e. The van der Waals surface area contributed by atoms with Crippen LogP contribution < -0.4 is 0 Å². The van der Waals surface area contributed by atoms with Crippen molar-refractivity contribution in [2.45, 2.75) is 6.42 Å². The summed E-state index contributed by atoms with van der Waals surface area (Å²) >= 11 is 5.55. The molecule has 21 heavy (non-hydrogen) atoms. The molecular weight excluding hydrogens is 284 g/mol. The summed E-state index contributed by atoms with van der Waals surface area (Å²) in [6.07, 6.45) is 1.87. The molecule has 0 aliphatic heterocycles. The summed E-state index contributed by atoms with van der Waals surface area (Å²) in [7, 11) is 0. The Labute approximate surface area is 127 Å². The third-order valence-electron chi connectivity index (χ3n) is 3.22. The predicted molar refractivity (Wildman–Crippen MR) is 83.6 cm³/mol. The Bertz CT molecular complexity index is 751. The zero-order valence-electron chi connectivity index (χ0n) is 11.2. The summed E-state index contributed by atoms with van der Waals surface area (Å²) in [5.74, 6) is 0. The first-order chi connectivity index (χ1) is 10.3. The van der Waals surface area contributed by atoms with Crippen molar-refractivity contribution in [2.75, 3.05) is 0 Å². The summed E-state index contributed by atoms with van der Waals surface area (Å²) in [5.41, 5.74) is 3.68. The second-order valence-electron chi connectivity index (χ2n) is 4.66. The third kappa shape index (κ3) is 2.88. The second kappa shape index (κ2) is 5.94. The molecule has 0 atom stereocenters. The van der Waals surface area contributed by atoms with Gasteiger partial charge in [-0.2, -0.15) is 5.10 Å². The molecule has 0 saturated heterocycles. The molecule has 0 aliphatic carbocycles. The Morgan fingerprint density at radius 2 is 1.62 bits per heavy atom. The number of benzene rings is 2. The molecule has 0 aliphatic rings. The number of nitrogens with zero attached hydrogens (tertiary/aromatic N) is 2. The molecule has 0 bridgehead atoms. The molecule has 0 unspecified atom stereocenters. The molecule has 2 aromatic carbocycles. The Balaban J connectivity index is 2.18. The van der Waals surface area contributed by atoms with Crippen molar-refractivity contribution >= 4 is 16.8 Å². The van der Waals surface area contributed by atoms with Gasteiger partial charge in [0.2, 0.25) is 5.24 Å². The van der Waals surface area contributed by atoms with Crippen LogP contribution in [0.25, 0.3) is 16.9 Å². The number of rotatable bonds is 4. The van der Waals surface area contributed by atoms with Crippen LogP contribution in [-0.2, 0) is 11.2 Å². The van der Waals surface area contributed by atoms with Crippen LogP contribution >= 0.6 is 11.6 Å². The molecule has 0 radical (unpaired) electrons. The lowest BCUT2D eigenvalue weighted by Crippen LogP contribution is -2.01. The molecule has 0 spiro atoms. The minimum absolute atomic E-state index is 0.165. The molecule has 0 N–H and O–H groups in total. The zero-order valence-corrected chi connectivity index (χ0v) is 12.0. The second-order valence-corrected chi connectivity index (χ2v) is 5.09. The van der Waals surface area contributed by atoms with E-state index in [1.807, 2.05) is 65.3 Å². The fourth-order valence-electron chi connectivity index (χ4n) is 2.33. The van der Waals surface area contributed by atoms with Crippen LogP contribution in [0.5, 0.6) is 0 Å². The molecule has 3 rings (SSSR count). The molecule has 3 nitrogen and oxygen atoms in total. The average Bonchev–Trinajstić information content (AvgIpc) is 2.92. The van der Waals surface area contributed by atoms with Gasteiger partial charge < -0.3 is 0 Å². The first-order valence-corrected chi connectivity index (χ1v) is 6.99. The number of halogens is 1. The SMILES string of the molecule is O=C(Cl)Cc1cnn(-c2ccccc2)c1-c1ccccc1. The highest BCUT2D eigenvalue weighted by Gasteiger charge is 2.15. The van der Waals surface area contributed by atoms with E-state index in [1.54, 1.807) is 6.20 Å². The van der Waals surface area contributed by atoms with Gasteiger partial charge >= 0.3 is 0 Å². The lowest BCUT2D eigenvalue weighted by atomic mass is 10.1. The summed E-state index contributed by atoms with van der Waals surface area (Å²) in [6, 6.07) is 19.7. The minimum atomic E-state index is -0.389. The van der Waals surface area contributed by atoms with Crippen molar-refractivity contribution in [1.82, 2.24) is 9.78 Å². The van der Waals surface area contributed by atoms with E-state index in [1.165, 1.54) is 0 Å². The van der Waals surface area contributed by atoms with Gasteiger partial charge in [-0.3, -0.25) is 4.79 Å². The fourth-order valence-corrected chi connectivity index (χ4v) is 2.47. The molecule has 104 valence electrons. The predicted octanol–water partition coefficient (Wildman–Crippen LogP) is 3.85. The molecule has 1 heterocycles. The van der Waals surface area contributed by atoms with E-state index in [2.05, 4.69) is 5.10 Å². The van der Waals surface area contributed by atoms with Crippen LogP contribution in [0.2, 0.25) is 0 Å². The van der Waals surface area contributed by atoms with Gasteiger partial charge in [-0.25, -0.2) is 4.68 Å². The summed E-state index contributed by atoms with van der Waals surface area (Å²) < 4.78 is 1.84. The van der Waals surface area contributed by atoms with Crippen molar-refractivity contribution in [2.24, 2.45) is 0 Å². The molecule has 0 saturated carbocycles. The molecule has 0 fully saturated rings. The highest BCUT2D eigenvalue weighted by atomic mass is 35.5. The number of hydrogen-bond acceptors (Lipinski definition) is 2. The van der Waals surface area contributed by atoms with Gasteiger partial charge in [-0.1, -0.05) is 48.5 Å². The number of carbonyl (C=O) groups excluding carboxylic acids is 1. The van der Waals surface area contributed by atoms with Gasteiger partial charge in [-0.05, 0) is 23.7 Å². The van der Waals surface area contributed by atoms with Crippen molar-refractivity contribution in [3.8, 4) is 16.9 Å². The first-order valence-electron chi connectivity index (χ1n) is 6.62. The monoisotopic (exact) mass is 296 g/mol. The normalized spacial score (nSPS) is 10.5. The smallest absolute Gasteiger partial charge is 0.226 e. The Morgan fingerprint density at radius 3 is 2.24 bits per heavy atom. The molecule has 4 heteroatoms. The van der Waals surface area contributed by atoms with Crippen molar-refractivity contribution in [1.29, 1.82) is 0 Å². The van der Waals surface area contributed by atoms with Crippen molar-refractivity contribution in [3.63, 3.8) is 0 Å². The van der Waals surface area contributed by atoms with Crippen LogP contribution in [0.1, 0.15) is 5.56 Å². The number of carbonyl (C=O) groups is 1. The third-order valence-corrected chi connectivity index (χ3v) is 3.36. The van der Waals surface area contributed by atoms with Gasteiger partial charge in [0.25, 0.3) is 0 Å². The molecule has 1 aromatic heterocycles. The number of hydrogen-bond donors (Lipinski definition) is 0. The van der Waals surface area contributed by atoms with Crippen LogP contribution in [0.3, 0.4) is 0 Å². The largest absolute Gasteiger partial charge is 0.281 e. The summed E-state index contributed by atoms with van der Waals surface area (Å²) in [5, 5.41) is 4.03. The van der Waals surface area contributed by atoms with E-state index in [4.69, 9.17) is 11.6 Å². The van der Waals surface area contributed by atoms with Gasteiger partial charge in [0.1, 0.15) is 0 Å². The van der Waals surface area contributed by atoms with Crippen molar-refractivity contribution in [3.05, 3.63) is 72.4 Å². The Hall–Kier alpha value is -2.39. The molecular formula is C17H13ClN2O. The summed E-state index contributed by atoms with van der Waals surface area (Å²) in [4.78, 5) is 11.3. The minimum Gasteiger partial charge on any atom is -0.281 e. The van der Waals surface area contributed by atoms with E-state index in [9.17, 15) is 4.79 Å². The summed E-state index contributed by atoms with van der Waals surface area (Å²) in [6.45, 7) is 0. The number of para-hydroxylation sites is 1. The maximum atomic E-state index is 11.3. The van der Waals surface area contributed by atoms with Crippen LogP contribution in [0.15, 0.2) is 66.9 Å². The zero-order chi connectivity index (χ0) is 14.7. The van der Waals surface area contributed by atoms with E-state index < -0.39 is 0 Å². The molecule has 3 aromatic rings. The highest BCUT2D eigenvalue weighted by Crippen LogP contribution is 2.27. The fraction of sp³-hybridized carbons (Fsp3) is 0.0588. The van der Waals surface area contributed by atoms with Gasteiger partial charge in [0.05, 0.1) is 24.0 Å². The van der Waals surface area contributed by atoms with Gasteiger partial charge in [0, 0.05) is 11.1 Å². The van der Waals surface area contributed by atoms with Crippen LogP contribution in [0, 0.1) is 0 Å². The van der Waals surface area contributed by atoms with E-state index in [0.717, 1.165) is 22.5 Å². The van der Waals surface area contributed by atoms with Crippen LogP contribution in [0.4, 0.5) is 0 Å². The maximum absolute atomic E-state index is 11.3. The number of aromatic nitrogens is 2. The standard InChI is InChI=1S/C17H13ClN2O/c18-16(21)11-14-12-19-20(15-9-5-2-6-10-15)17(14)13-7-3-1-4-8-13/h1-10,12H,11H2. The Kier molecular flexibility index (Phi) is 3.84. The van der Waals surface area contributed by atoms with E-state index in [0.29, 0.717) is 0 Å². The topological polar surface area (TPSA) is 34.9 Å². The molecule has 0 amide bonds. The van der Waals surface area contributed by atoms with Gasteiger partial charge in [0.15, 0.2) is 0 Å². The first kappa shape index (κ1) is 13.6. The van der Waals surface area contributed by atoms with Crippen molar-refractivity contribution < 1.29 is 4.79 Å². The van der Waals surface area contributed by atoms with Gasteiger partial charge in [-0.15, -0.1) is 0 Å². The lowest BCUT2D eigenvalue weighted by molar-refractivity contribution is -0.111.